The molecule has 2 aromatic carbocycles. The first kappa shape index (κ1) is 22.4. The fraction of sp³-hybridized carbons (Fsp3) is 0.0741. The minimum Gasteiger partial charge on any atom is -0.456 e. The van der Waals surface area contributed by atoms with Crippen LogP contribution in [0.25, 0.3) is 22.0 Å². The Balaban J connectivity index is 1.39. The van der Waals surface area contributed by atoms with E-state index in [1.54, 1.807) is 37.1 Å². The van der Waals surface area contributed by atoms with Gasteiger partial charge in [0.2, 0.25) is 5.28 Å². The van der Waals surface area contributed by atoms with Crippen molar-refractivity contribution < 1.29 is 9.53 Å². The zero-order valence-electron chi connectivity index (χ0n) is 18.8. The van der Waals surface area contributed by atoms with Crippen LogP contribution in [-0.4, -0.2) is 25.8 Å². The summed E-state index contributed by atoms with van der Waals surface area (Å²) in [5.41, 5.74) is 4.80. The predicted octanol–water partition coefficient (Wildman–Crippen LogP) is 5.77. The van der Waals surface area contributed by atoms with Crippen molar-refractivity contribution in [1.29, 1.82) is 0 Å². The molecule has 7 nitrogen and oxygen atoms in total. The first-order valence-corrected chi connectivity index (χ1v) is 11.3. The Hall–Kier alpha value is -4.36. The fourth-order valence-corrected chi connectivity index (χ4v) is 3.82. The molecule has 35 heavy (non-hydrogen) atoms. The van der Waals surface area contributed by atoms with Gasteiger partial charge in [-0.05, 0) is 72.1 Å². The lowest BCUT2D eigenvalue weighted by Crippen LogP contribution is -2.23. The highest BCUT2D eigenvalue weighted by atomic mass is 35.5. The number of carbonyl (C=O) groups excluding carboxylic acids is 1. The Morgan fingerprint density at radius 1 is 0.914 bits per heavy atom. The Morgan fingerprint density at radius 3 is 2.51 bits per heavy atom. The number of halogens is 1. The van der Waals surface area contributed by atoms with Gasteiger partial charge in [-0.15, -0.1) is 0 Å². The van der Waals surface area contributed by atoms with Crippen molar-refractivity contribution in [3.05, 3.63) is 108 Å². The third-order valence-electron chi connectivity index (χ3n) is 5.61. The molecular weight excluding hydrogens is 462 g/mol. The lowest BCUT2D eigenvalue weighted by molar-refractivity contribution is 0.0950. The molecule has 0 atom stereocenters. The van der Waals surface area contributed by atoms with Gasteiger partial charge in [0.1, 0.15) is 11.5 Å². The number of amides is 1. The van der Waals surface area contributed by atoms with Gasteiger partial charge in [0.15, 0.2) is 0 Å². The minimum absolute atomic E-state index is 0.167. The average molecular weight is 482 g/mol. The molecule has 0 saturated heterocycles. The largest absolute Gasteiger partial charge is 0.456 e. The molecule has 0 saturated carbocycles. The van der Waals surface area contributed by atoms with E-state index in [9.17, 15) is 4.79 Å². The molecule has 0 aliphatic rings. The van der Waals surface area contributed by atoms with Gasteiger partial charge in [-0.1, -0.05) is 12.1 Å². The lowest BCUT2D eigenvalue weighted by Gasteiger charge is -2.14. The number of ether oxygens (including phenoxy) is 1. The van der Waals surface area contributed by atoms with E-state index in [0.29, 0.717) is 23.6 Å². The molecule has 0 bridgehead atoms. The normalized spacial score (nSPS) is 10.8. The number of nitrogens with one attached hydrogen (secondary N) is 1. The first-order chi connectivity index (χ1) is 17.1. The summed E-state index contributed by atoms with van der Waals surface area (Å²) < 4.78 is 6.27. The average Bonchev–Trinajstić information content (AvgIpc) is 2.89. The van der Waals surface area contributed by atoms with Gasteiger partial charge in [0.05, 0.1) is 5.52 Å². The Bertz CT molecular complexity index is 1510. The molecule has 0 aliphatic heterocycles. The van der Waals surface area contributed by atoms with Gasteiger partial charge in [0.25, 0.3) is 5.91 Å². The predicted molar refractivity (Wildman–Crippen MR) is 134 cm³/mol. The van der Waals surface area contributed by atoms with Gasteiger partial charge in [-0.3, -0.25) is 14.8 Å². The molecule has 5 rings (SSSR count). The quantitative estimate of drug-likeness (QED) is 0.309. The molecule has 3 heterocycles. The SMILES string of the molecule is Cc1c(Oc2ccnc3cc(-c4cnc(Cl)nc4)ccc23)cccc1C(=O)NCc1ccncc1. The fourth-order valence-electron chi connectivity index (χ4n) is 3.72. The zero-order valence-corrected chi connectivity index (χ0v) is 19.5. The van der Waals surface area contributed by atoms with Crippen LogP contribution in [0.15, 0.2) is 85.6 Å². The number of carbonyl (C=O) groups is 1. The highest BCUT2D eigenvalue weighted by Gasteiger charge is 2.14. The monoisotopic (exact) mass is 481 g/mol. The molecule has 0 fully saturated rings. The number of hydrogen-bond acceptors (Lipinski definition) is 6. The van der Waals surface area contributed by atoms with Crippen molar-refractivity contribution in [2.45, 2.75) is 13.5 Å². The second-order valence-corrected chi connectivity index (χ2v) is 8.19. The van der Waals surface area contributed by atoms with Crippen LogP contribution >= 0.6 is 11.6 Å². The number of benzene rings is 2. The van der Waals surface area contributed by atoms with Crippen molar-refractivity contribution in [1.82, 2.24) is 25.3 Å². The van der Waals surface area contributed by atoms with Crippen molar-refractivity contribution >= 4 is 28.4 Å². The molecule has 172 valence electrons. The van der Waals surface area contributed by atoms with E-state index in [-0.39, 0.29) is 11.2 Å². The molecule has 3 aromatic heterocycles. The Kier molecular flexibility index (Phi) is 6.32. The standard InChI is InChI=1S/C27H20ClN5O2/c1-17-21(26(34)31-14-18-7-10-29-11-8-18)3-2-4-24(17)35-25-9-12-30-23-13-19(5-6-22(23)25)20-15-32-27(28)33-16-20/h2-13,15-16H,14H2,1H3,(H,31,34). The highest BCUT2D eigenvalue weighted by molar-refractivity contribution is 6.28. The summed E-state index contributed by atoms with van der Waals surface area (Å²) in [5.74, 6) is 1.08. The molecule has 8 heteroatoms. The highest BCUT2D eigenvalue weighted by Crippen LogP contribution is 2.33. The van der Waals surface area contributed by atoms with Crippen LogP contribution in [0.1, 0.15) is 21.5 Å². The van der Waals surface area contributed by atoms with Crippen molar-refractivity contribution in [2.75, 3.05) is 0 Å². The smallest absolute Gasteiger partial charge is 0.251 e. The van der Waals surface area contributed by atoms with Crippen LogP contribution in [0.3, 0.4) is 0 Å². The topological polar surface area (TPSA) is 89.9 Å². The van der Waals surface area contributed by atoms with Gasteiger partial charge in [0, 0.05) is 59.6 Å². The zero-order chi connectivity index (χ0) is 24.2. The van der Waals surface area contributed by atoms with Crippen LogP contribution in [0, 0.1) is 6.92 Å². The number of pyridine rings is 2. The van der Waals surface area contributed by atoms with Gasteiger partial charge in [-0.2, -0.15) is 0 Å². The number of aromatic nitrogens is 4. The summed E-state index contributed by atoms with van der Waals surface area (Å²) >= 11 is 5.80. The first-order valence-electron chi connectivity index (χ1n) is 10.9. The number of fused-ring (bicyclic) bond motifs is 1. The maximum absolute atomic E-state index is 12.8. The van der Waals surface area contributed by atoms with Crippen LogP contribution < -0.4 is 10.1 Å². The summed E-state index contributed by atoms with van der Waals surface area (Å²) in [6.07, 6.45) is 8.44. The summed E-state index contributed by atoms with van der Waals surface area (Å²) in [7, 11) is 0. The molecule has 0 unspecified atom stereocenters. The summed E-state index contributed by atoms with van der Waals surface area (Å²) in [6.45, 7) is 2.29. The van der Waals surface area contributed by atoms with E-state index in [1.807, 2.05) is 55.5 Å². The minimum atomic E-state index is -0.167. The molecule has 0 spiro atoms. The Morgan fingerprint density at radius 2 is 1.71 bits per heavy atom. The van der Waals surface area contributed by atoms with Gasteiger partial charge in [-0.25, -0.2) is 9.97 Å². The summed E-state index contributed by atoms with van der Waals surface area (Å²) in [5, 5.41) is 4.00. The van der Waals surface area contributed by atoms with Crippen LogP contribution in [-0.2, 0) is 6.54 Å². The molecular formula is C27H20ClN5O2. The summed E-state index contributed by atoms with van der Waals surface area (Å²) in [4.78, 5) is 29.4. The molecule has 0 aliphatic carbocycles. The van der Waals surface area contributed by atoms with E-state index in [1.165, 1.54) is 0 Å². The van der Waals surface area contributed by atoms with Crippen molar-refractivity contribution in [3.63, 3.8) is 0 Å². The van der Waals surface area contributed by atoms with Gasteiger partial charge >= 0.3 is 0 Å². The molecule has 5 aromatic rings. The maximum atomic E-state index is 12.8. The third-order valence-corrected chi connectivity index (χ3v) is 5.80. The Labute approximate surface area is 206 Å². The van der Waals surface area contributed by atoms with Crippen molar-refractivity contribution in [2.24, 2.45) is 0 Å². The van der Waals surface area contributed by atoms with E-state index in [0.717, 1.165) is 33.2 Å². The number of hydrogen-bond donors (Lipinski definition) is 1. The maximum Gasteiger partial charge on any atom is 0.251 e. The summed E-state index contributed by atoms with van der Waals surface area (Å²) in [6, 6.07) is 16.8. The molecule has 0 radical (unpaired) electrons. The second-order valence-electron chi connectivity index (χ2n) is 7.85. The lowest BCUT2D eigenvalue weighted by atomic mass is 10.1. The van der Waals surface area contributed by atoms with E-state index in [2.05, 4.69) is 25.3 Å². The molecule has 1 N–H and O–H groups in total. The van der Waals surface area contributed by atoms with E-state index < -0.39 is 0 Å². The number of rotatable bonds is 6. The van der Waals surface area contributed by atoms with E-state index in [4.69, 9.17) is 16.3 Å². The van der Waals surface area contributed by atoms with Crippen molar-refractivity contribution in [3.8, 4) is 22.6 Å². The second kappa shape index (κ2) is 9.87. The van der Waals surface area contributed by atoms with Gasteiger partial charge < -0.3 is 10.1 Å². The van der Waals surface area contributed by atoms with Crippen LogP contribution in [0.5, 0.6) is 11.5 Å². The number of nitrogens with zero attached hydrogens (tertiary/aromatic N) is 4. The van der Waals surface area contributed by atoms with Crippen LogP contribution in [0.4, 0.5) is 0 Å². The van der Waals surface area contributed by atoms with Crippen LogP contribution in [0.2, 0.25) is 5.28 Å². The molecule has 1 amide bonds. The van der Waals surface area contributed by atoms with E-state index >= 15 is 0 Å². The third kappa shape index (κ3) is 4.95.